The van der Waals surface area contributed by atoms with Crippen LogP contribution < -0.4 is 5.32 Å². The Hall–Kier alpha value is -2.21. The molecule has 1 fully saturated rings. The van der Waals surface area contributed by atoms with E-state index in [1.54, 1.807) is 0 Å². The molecule has 0 aliphatic heterocycles. The molecule has 0 spiro atoms. The van der Waals surface area contributed by atoms with E-state index in [0.29, 0.717) is 12.1 Å². The Kier molecular flexibility index (Phi) is 5.25. The predicted molar refractivity (Wildman–Crippen MR) is 110 cm³/mol. The number of carbonyl (C=O) groups excluding carboxylic acids is 1. The van der Waals surface area contributed by atoms with Gasteiger partial charge in [0, 0.05) is 35.5 Å². The average Bonchev–Trinajstić information content (AvgIpc) is 3.41. The van der Waals surface area contributed by atoms with Crippen LogP contribution in [0.2, 0.25) is 0 Å². The standard InChI is InChI=1S/C21H26N4OS/c1-3-16(11-19-14(2)7-9-27-19)24-18-6-8-22-21-20(18)23-13-25(21)17-5-4-15(10-17)12-26/h6-9,12-13,15-17H,3-5,10-11H2,1-2H3,(H,22,24). The van der Waals surface area contributed by atoms with Crippen molar-refractivity contribution < 1.29 is 4.79 Å². The molecule has 3 heterocycles. The number of carbonyl (C=O) groups is 1. The van der Waals surface area contributed by atoms with Gasteiger partial charge >= 0.3 is 0 Å². The van der Waals surface area contributed by atoms with Crippen molar-refractivity contribution in [3.8, 4) is 0 Å². The van der Waals surface area contributed by atoms with E-state index in [9.17, 15) is 4.79 Å². The summed E-state index contributed by atoms with van der Waals surface area (Å²) in [4.78, 5) is 21.8. The van der Waals surface area contributed by atoms with E-state index in [2.05, 4.69) is 45.1 Å². The van der Waals surface area contributed by atoms with Crippen LogP contribution in [0.1, 0.15) is 49.1 Å². The summed E-state index contributed by atoms with van der Waals surface area (Å²) in [6.07, 6.45) is 9.79. The first-order valence-electron chi connectivity index (χ1n) is 9.76. The van der Waals surface area contributed by atoms with Crippen molar-refractivity contribution in [1.82, 2.24) is 14.5 Å². The van der Waals surface area contributed by atoms with Crippen molar-refractivity contribution >= 4 is 34.5 Å². The number of imidazole rings is 1. The molecule has 0 aromatic carbocycles. The molecule has 4 rings (SSSR count). The van der Waals surface area contributed by atoms with Gasteiger partial charge in [-0.15, -0.1) is 11.3 Å². The van der Waals surface area contributed by atoms with Gasteiger partial charge in [0.1, 0.15) is 11.8 Å². The molecular weight excluding hydrogens is 356 g/mol. The zero-order valence-electron chi connectivity index (χ0n) is 15.9. The van der Waals surface area contributed by atoms with E-state index in [0.717, 1.165) is 55.2 Å². The molecule has 3 unspecified atom stereocenters. The van der Waals surface area contributed by atoms with Crippen molar-refractivity contribution in [3.05, 3.63) is 40.5 Å². The normalized spacial score (nSPS) is 20.8. The van der Waals surface area contributed by atoms with E-state index in [1.807, 2.05) is 29.9 Å². The maximum Gasteiger partial charge on any atom is 0.162 e. The lowest BCUT2D eigenvalue weighted by Crippen LogP contribution is -2.21. The highest BCUT2D eigenvalue weighted by atomic mass is 32.1. The molecule has 3 atom stereocenters. The smallest absolute Gasteiger partial charge is 0.162 e. The van der Waals surface area contributed by atoms with Gasteiger partial charge in [0.25, 0.3) is 0 Å². The van der Waals surface area contributed by atoms with E-state index < -0.39 is 0 Å². The van der Waals surface area contributed by atoms with Gasteiger partial charge in [0.15, 0.2) is 5.65 Å². The summed E-state index contributed by atoms with van der Waals surface area (Å²) in [5.74, 6) is 0.173. The van der Waals surface area contributed by atoms with Gasteiger partial charge in [-0.25, -0.2) is 9.97 Å². The lowest BCUT2D eigenvalue weighted by atomic mass is 10.1. The van der Waals surface area contributed by atoms with E-state index in [4.69, 9.17) is 0 Å². The number of hydrogen-bond acceptors (Lipinski definition) is 5. The van der Waals surface area contributed by atoms with Gasteiger partial charge < -0.3 is 14.7 Å². The Morgan fingerprint density at radius 1 is 1.37 bits per heavy atom. The number of rotatable bonds is 7. The number of nitrogens with zero attached hydrogens (tertiary/aromatic N) is 3. The first-order chi connectivity index (χ1) is 13.2. The number of fused-ring (bicyclic) bond motifs is 1. The number of aromatic nitrogens is 3. The fraction of sp³-hybridized carbons (Fsp3) is 0.476. The summed E-state index contributed by atoms with van der Waals surface area (Å²) in [5.41, 5.74) is 4.26. The fourth-order valence-electron chi connectivity index (χ4n) is 4.04. The number of aldehydes is 1. The third-order valence-corrected chi connectivity index (χ3v) is 6.79. The molecule has 1 saturated carbocycles. The minimum absolute atomic E-state index is 0.173. The molecule has 3 aromatic rings. The van der Waals surface area contributed by atoms with Gasteiger partial charge in [0.05, 0.1) is 12.0 Å². The molecule has 0 saturated heterocycles. The highest BCUT2D eigenvalue weighted by Gasteiger charge is 2.27. The van der Waals surface area contributed by atoms with Gasteiger partial charge in [-0.3, -0.25) is 0 Å². The Labute approximate surface area is 163 Å². The molecule has 0 radical (unpaired) electrons. The van der Waals surface area contributed by atoms with E-state index in [1.165, 1.54) is 10.4 Å². The lowest BCUT2D eigenvalue weighted by Gasteiger charge is -2.18. The lowest BCUT2D eigenvalue weighted by molar-refractivity contribution is -0.110. The SMILES string of the molecule is CCC(Cc1sccc1C)Nc1ccnc2c1ncn2C1CCC(C=O)C1. The predicted octanol–water partition coefficient (Wildman–Crippen LogP) is 4.77. The molecule has 3 aromatic heterocycles. The van der Waals surface area contributed by atoms with Crippen LogP contribution in [-0.2, 0) is 11.2 Å². The monoisotopic (exact) mass is 382 g/mol. The molecule has 1 N–H and O–H groups in total. The second-order valence-electron chi connectivity index (χ2n) is 7.53. The van der Waals surface area contributed by atoms with Gasteiger partial charge in [0.2, 0.25) is 0 Å². The Morgan fingerprint density at radius 2 is 2.26 bits per heavy atom. The molecule has 1 aliphatic rings. The average molecular weight is 383 g/mol. The van der Waals surface area contributed by atoms with Crippen molar-refractivity contribution in [2.24, 2.45) is 5.92 Å². The Morgan fingerprint density at radius 3 is 2.96 bits per heavy atom. The van der Waals surface area contributed by atoms with E-state index in [-0.39, 0.29) is 5.92 Å². The minimum atomic E-state index is 0.173. The second-order valence-corrected chi connectivity index (χ2v) is 8.53. The molecule has 1 aliphatic carbocycles. The quantitative estimate of drug-likeness (QED) is 0.598. The zero-order chi connectivity index (χ0) is 18.8. The molecule has 5 nitrogen and oxygen atoms in total. The number of aryl methyl sites for hydroxylation is 1. The summed E-state index contributed by atoms with van der Waals surface area (Å²) < 4.78 is 2.16. The molecule has 27 heavy (non-hydrogen) atoms. The van der Waals surface area contributed by atoms with Crippen LogP contribution in [0.25, 0.3) is 11.2 Å². The Bertz CT molecular complexity index is 931. The van der Waals surface area contributed by atoms with Crippen molar-refractivity contribution in [2.45, 2.75) is 58.0 Å². The number of pyridine rings is 1. The van der Waals surface area contributed by atoms with Gasteiger partial charge in [-0.2, -0.15) is 0 Å². The molecule has 0 bridgehead atoms. The third-order valence-electron chi connectivity index (χ3n) is 5.74. The summed E-state index contributed by atoms with van der Waals surface area (Å²) in [6.45, 7) is 4.40. The van der Waals surface area contributed by atoms with Crippen LogP contribution in [-0.4, -0.2) is 26.9 Å². The molecule has 0 amide bonds. The first-order valence-corrected chi connectivity index (χ1v) is 10.6. The van der Waals surface area contributed by atoms with Gasteiger partial charge in [-0.05, 0) is 55.7 Å². The second kappa shape index (κ2) is 7.80. The summed E-state index contributed by atoms with van der Waals surface area (Å²) >= 11 is 1.83. The number of anilines is 1. The molecule has 6 heteroatoms. The number of hydrogen-bond donors (Lipinski definition) is 1. The van der Waals surface area contributed by atoms with Gasteiger partial charge in [-0.1, -0.05) is 6.92 Å². The number of nitrogens with one attached hydrogen (secondary N) is 1. The van der Waals surface area contributed by atoms with Crippen LogP contribution in [0.15, 0.2) is 30.0 Å². The minimum Gasteiger partial charge on any atom is -0.380 e. The van der Waals surface area contributed by atoms with Crippen molar-refractivity contribution in [3.63, 3.8) is 0 Å². The van der Waals surface area contributed by atoms with Crippen LogP contribution in [0.5, 0.6) is 0 Å². The maximum atomic E-state index is 11.1. The summed E-state index contributed by atoms with van der Waals surface area (Å²) in [7, 11) is 0. The van der Waals surface area contributed by atoms with Crippen LogP contribution >= 0.6 is 11.3 Å². The first kappa shape index (κ1) is 18.2. The van der Waals surface area contributed by atoms with Crippen LogP contribution in [0.4, 0.5) is 5.69 Å². The van der Waals surface area contributed by atoms with Crippen LogP contribution in [0, 0.1) is 12.8 Å². The topological polar surface area (TPSA) is 59.8 Å². The van der Waals surface area contributed by atoms with Crippen molar-refractivity contribution in [1.29, 1.82) is 0 Å². The molecular formula is C21H26N4OS. The van der Waals surface area contributed by atoms with Crippen molar-refractivity contribution in [2.75, 3.05) is 5.32 Å². The maximum absolute atomic E-state index is 11.1. The highest BCUT2D eigenvalue weighted by Crippen LogP contribution is 2.36. The highest BCUT2D eigenvalue weighted by molar-refractivity contribution is 7.10. The summed E-state index contributed by atoms with van der Waals surface area (Å²) in [5, 5.41) is 5.86. The molecule has 142 valence electrons. The van der Waals surface area contributed by atoms with E-state index >= 15 is 0 Å². The zero-order valence-corrected chi connectivity index (χ0v) is 16.7. The largest absolute Gasteiger partial charge is 0.380 e. The van der Waals surface area contributed by atoms with Crippen LogP contribution in [0.3, 0.4) is 0 Å². The third kappa shape index (κ3) is 3.63. The number of thiophene rings is 1. The Balaban J connectivity index is 1.57. The summed E-state index contributed by atoms with van der Waals surface area (Å²) in [6, 6.07) is 4.90. The fourth-order valence-corrected chi connectivity index (χ4v) is 5.03.